The largest absolute Gasteiger partial charge is 0.327 e. The van der Waals surface area contributed by atoms with Crippen molar-refractivity contribution in [3.05, 3.63) is 34.3 Å². The van der Waals surface area contributed by atoms with Gasteiger partial charge in [-0.2, -0.15) is 0 Å². The van der Waals surface area contributed by atoms with Crippen LogP contribution >= 0.6 is 15.9 Å². The molecule has 2 N–H and O–H groups in total. The van der Waals surface area contributed by atoms with Gasteiger partial charge in [0.1, 0.15) is 0 Å². The van der Waals surface area contributed by atoms with Gasteiger partial charge in [0, 0.05) is 10.5 Å². The number of hydrogen-bond donors (Lipinski definition) is 1. The van der Waals surface area contributed by atoms with E-state index in [0.29, 0.717) is 6.04 Å². The standard InChI is InChI=1S/C14H22BrN/c1-3-11(4-2)9-14(16)10-12-6-5-7-13(15)8-12/h5-8,11,14H,3-4,9-10,16H2,1-2H3. The van der Waals surface area contributed by atoms with Crippen molar-refractivity contribution in [2.45, 2.75) is 45.6 Å². The molecule has 1 unspecified atom stereocenters. The molecule has 1 rings (SSSR count). The highest BCUT2D eigenvalue weighted by molar-refractivity contribution is 9.10. The van der Waals surface area contributed by atoms with Crippen LogP contribution < -0.4 is 5.73 Å². The van der Waals surface area contributed by atoms with Crippen molar-refractivity contribution in [3.63, 3.8) is 0 Å². The molecule has 0 aliphatic carbocycles. The van der Waals surface area contributed by atoms with E-state index in [9.17, 15) is 0 Å². The van der Waals surface area contributed by atoms with Gasteiger partial charge in [-0.05, 0) is 36.5 Å². The first kappa shape index (κ1) is 13.7. The average molecular weight is 284 g/mol. The fourth-order valence-corrected chi connectivity index (χ4v) is 2.55. The number of benzene rings is 1. The molecule has 0 fully saturated rings. The van der Waals surface area contributed by atoms with Gasteiger partial charge in [-0.1, -0.05) is 54.8 Å². The number of rotatable bonds is 6. The van der Waals surface area contributed by atoms with Crippen molar-refractivity contribution < 1.29 is 0 Å². The first-order chi connectivity index (χ1) is 7.65. The second-order valence-corrected chi connectivity index (χ2v) is 5.43. The molecule has 0 saturated heterocycles. The van der Waals surface area contributed by atoms with Gasteiger partial charge in [-0.25, -0.2) is 0 Å². The molecule has 0 aliphatic rings. The van der Waals surface area contributed by atoms with Crippen LogP contribution in [0, 0.1) is 5.92 Å². The van der Waals surface area contributed by atoms with Crippen molar-refractivity contribution in [3.8, 4) is 0 Å². The maximum atomic E-state index is 6.19. The molecule has 0 spiro atoms. The van der Waals surface area contributed by atoms with Gasteiger partial charge in [0.15, 0.2) is 0 Å². The van der Waals surface area contributed by atoms with Gasteiger partial charge < -0.3 is 5.73 Å². The van der Waals surface area contributed by atoms with Gasteiger partial charge in [-0.15, -0.1) is 0 Å². The van der Waals surface area contributed by atoms with E-state index in [1.165, 1.54) is 18.4 Å². The molecule has 0 aromatic heterocycles. The lowest BCUT2D eigenvalue weighted by atomic mass is 9.92. The Morgan fingerprint density at radius 2 is 1.94 bits per heavy atom. The maximum absolute atomic E-state index is 6.19. The molecule has 0 heterocycles. The molecule has 1 atom stereocenters. The fraction of sp³-hybridized carbons (Fsp3) is 0.571. The zero-order valence-electron chi connectivity index (χ0n) is 10.2. The van der Waals surface area contributed by atoms with Crippen LogP contribution in [-0.4, -0.2) is 6.04 Å². The van der Waals surface area contributed by atoms with Gasteiger partial charge in [0.05, 0.1) is 0 Å². The van der Waals surface area contributed by atoms with E-state index in [-0.39, 0.29) is 0 Å². The molecule has 90 valence electrons. The van der Waals surface area contributed by atoms with Crippen molar-refractivity contribution in [2.75, 3.05) is 0 Å². The van der Waals surface area contributed by atoms with E-state index < -0.39 is 0 Å². The third-order valence-corrected chi connectivity index (χ3v) is 3.67. The summed E-state index contributed by atoms with van der Waals surface area (Å²) in [5.41, 5.74) is 7.52. The Kier molecular flexibility index (Phi) is 6.07. The lowest BCUT2D eigenvalue weighted by Crippen LogP contribution is -2.25. The Labute approximate surface area is 108 Å². The van der Waals surface area contributed by atoms with E-state index in [4.69, 9.17) is 5.73 Å². The third-order valence-electron chi connectivity index (χ3n) is 3.18. The molecule has 1 nitrogen and oxygen atoms in total. The van der Waals surface area contributed by atoms with Crippen LogP contribution in [0.25, 0.3) is 0 Å². The number of nitrogens with two attached hydrogens (primary N) is 1. The topological polar surface area (TPSA) is 26.0 Å². The van der Waals surface area contributed by atoms with Crippen LogP contribution in [0.3, 0.4) is 0 Å². The highest BCUT2D eigenvalue weighted by Crippen LogP contribution is 2.18. The molecule has 0 saturated carbocycles. The second-order valence-electron chi connectivity index (χ2n) is 4.51. The van der Waals surface area contributed by atoms with Gasteiger partial charge in [0.2, 0.25) is 0 Å². The Morgan fingerprint density at radius 1 is 1.25 bits per heavy atom. The summed E-state index contributed by atoms with van der Waals surface area (Å²) in [6.45, 7) is 4.50. The van der Waals surface area contributed by atoms with E-state index in [0.717, 1.165) is 23.2 Å². The van der Waals surface area contributed by atoms with Crippen LogP contribution in [-0.2, 0) is 6.42 Å². The van der Waals surface area contributed by atoms with Crippen LogP contribution in [0.15, 0.2) is 28.7 Å². The van der Waals surface area contributed by atoms with Crippen LogP contribution in [0.1, 0.15) is 38.7 Å². The second kappa shape index (κ2) is 7.08. The van der Waals surface area contributed by atoms with E-state index in [1.54, 1.807) is 0 Å². The summed E-state index contributed by atoms with van der Waals surface area (Å²) in [6.07, 6.45) is 4.60. The Hall–Kier alpha value is -0.340. The normalized spacial score (nSPS) is 13.1. The molecule has 16 heavy (non-hydrogen) atoms. The van der Waals surface area contributed by atoms with Crippen LogP contribution in [0.2, 0.25) is 0 Å². The zero-order chi connectivity index (χ0) is 12.0. The summed E-state index contributed by atoms with van der Waals surface area (Å²) in [5, 5.41) is 0. The van der Waals surface area contributed by atoms with Crippen molar-refractivity contribution in [2.24, 2.45) is 11.7 Å². The molecule has 1 aromatic carbocycles. The monoisotopic (exact) mass is 283 g/mol. The molecular formula is C14H22BrN. The minimum atomic E-state index is 0.291. The summed E-state index contributed by atoms with van der Waals surface area (Å²) in [6, 6.07) is 8.72. The third kappa shape index (κ3) is 4.67. The molecule has 0 amide bonds. The first-order valence-electron chi connectivity index (χ1n) is 6.15. The highest BCUT2D eigenvalue weighted by Gasteiger charge is 2.10. The molecular weight excluding hydrogens is 262 g/mol. The van der Waals surface area contributed by atoms with Crippen molar-refractivity contribution in [1.82, 2.24) is 0 Å². The molecule has 0 radical (unpaired) electrons. The summed E-state index contributed by atoms with van der Waals surface area (Å²) >= 11 is 3.49. The maximum Gasteiger partial charge on any atom is 0.0178 e. The highest BCUT2D eigenvalue weighted by atomic mass is 79.9. The minimum absolute atomic E-state index is 0.291. The lowest BCUT2D eigenvalue weighted by Gasteiger charge is -2.18. The van der Waals surface area contributed by atoms with Gasteiger partial charge in [0.25, 0.3) is 0 Å². The first-order valence-corrected chi connectivity index (χ1v) is 6.95. The summed E-state index contributed by atoms with van der Waals surface area (Å²) in [5.74, 6) is 0.780. The van der Waals surface area contributed by atoms with Gasteiger partial charge in [-0.3, -0.25) is 0 Å². The summed E-state index contributed by atoms with van der Waals surface area (Å²) in [7, 11) is 0. The quantitative estimate of drug-likeness (QED) is 0.834. The summed E-state index contributed by atoms with van der Waals surface area (Å²) < 4.78 is 1.14. The molecule has 0 bridgehead atoms. The molecule has 0 aliphatic heterocycles. The van der Waals surface area contributed by atoms with E-state index in [1.807, 2.05) is 0 Å². The fourth-order valence-electron chi connectivity index (χ4n) is 2.10. The predicted molar refractivity (Wildman–Crippen MR) is 74.5 cm³/mol. The predicted octanol–water partition coefficient (Wildman–Crippen LogP) is 4.15. The van der Waals surface area contributed by atoms with Gasteiger partial charge >= 0.3 is 0 Å². The molecule has 2 heteroatoms. The summed E-state index contributed by atoms with van der Waals surface area (Å²) in [4.78, 5) is 0. The minimum Gasteiger partial charge on any atom is -0.327 e. The van der Waals surface area contributed by atoms with Crippen LogP contribution in [0.5, 0.6) is 0 Å². The van der Waals surface area contributed by atoms with E-state index >= 15 is 0 Å². The lowest BCUT2D eigenvalue weighted by molar-refractivity contribution is 0.407. The number of halogens is 1. The number of hydrogen-bond acceptors (Lipinski definition) is 1. The SMILES string of the molecule is CCC(CC)CC(N)Cc1cccc(Br)c1. The van der Waals surface area contributed by atoms with Crippen LogP contribution in [0.4, 0.5) is 0 Å². The smallest absolute Gasteiger partial charge is 0.0178 e. The Bertz CT molecular complexity index is 307. The Balaban J connectivity index is 2.47. The van der Waals surface area contributed by atoms with Crippen molar-refractivity contribution in [1.29, 1.82) is 0 Å². The van der Waals surface area contributed by atoms with Crippen molar-refractivity contribution >= 4 is 15.9 Å². The zero-order valence-corrected chi connectivity index (χ0v) is 11.8. The Morgan fingerprint density at radius 3 is 2.50 bits per heavy atom. The van der Waals surface area contributed by atoms with E-state index in [2.05, 4.69) is 54.0 Å². The average Bonchev–Trinajstić information content (AvgIpc) is 2.26. The molecule has 1 aromatic rings.